The molecule has 0 aromatic heterocycles. The molecule has 0 aliphatic rings. The molecule has 0 aliphatic heterocycles. The van der Waals surface area contributed by atoms with Gasteiger partial charge < -0.3 is 14.9 Å². The van der Waals surface area contributed by atoms with Crippen LogP contribution in [-0.4, -0.2) is 23.3 Å². The third-order valence-electron chi connectivity index (χ3n) is 2.97. The van der Waals surface area contributed by atoms with Gasteiger partial charge in [-0.05, 0) is 24.5 Å². The van der Waals surface area contributed by atoms with Gasteiger partial charge in [-0.3, -0.25) is 4.79 Å². The molecule has 0 bridgehead atoms. The summed E-state index contributed by atoms with van der Waals surface area (Å²) in [5, 5.41) is 19.1. The van der Waals surface area contributed by atoms with Crippen LogP contribution in [0.25, 0.3) is 0 Å². The first-order chi connectivity index (χ1) is 8.27. The zero-order valence-electron chi connectivity index (χ0n) is 11.2. The molecular weight excluding hydrogens is 232 g/mol. The number of carbonyl (C=O) groups is 1. The van der Waals surface area contributed by atoms with Crippen molar-refractivity contribution in [1.82, 2.24) is 0 Å². The predicted octanol–water partition coefficient (Wildman–Crippen LogP) is 2.50. The average Bonchev–Trinajstić information content (AvgIpc) is 2.26. The number of rotatable bonds is 5. The Balaban J connectivity index is 3.20. The minimum Gasteiger partial charge on any atom is -0.496 e. The van der Waals surface area contributed by atoms with E-state index in [1.807, 2.05) is 12.1 Å². The van der Waals surface area contributed by atoms with Crippen molar-refractivity contribution >= 4 is 5.97 Å². The number of ether oxygens (including phenoxy) is 1. The van der Waals surface area contributed by atoms with E-state index in [-0.39, 0.29) is 6.42 Å². The molecule has 0 radical (unpaired) electrons. The molecule has 4 heteroatoms. The Labute approximate surface area is 107 Å². The normalized spacial score (nSPS) is 14.3. The Bertz CT molecular complexity index is 435. The van der Waals surface area contributed by atoms with Gasteiger partial charge in [0.1, 0.15) is 11.4 Å². The highest BCUT2D eigenvalue weighted by Crippen LogP contribution is 2.34. The maximum absolute atomic E-state index is 10.8. The molecule has 1 aromatic carbocycles. The lowest BCUT2D eigenvalue weighted by atomic mass is 9.89. The lowest BCUT2D eigenvalue weighted by Gasteiger charge is -2.24. The Kier molecular flexibility index (Phi) is 4.35. The molecule has 1 aromatic rings. The van der Waals surface area contributed by atoms with E-state index < -0.39 is 11.6 Å². The Hall–Kier alpha value is -1.55. The predicted molar refractivity (Wildman–Crippen MR) is 68.9 cm³/mol. The van der Waals surface area contributed by atoms with E-state index in [4.69, 9.17) is 9.84 Å². The Morgan fingerprint density at radius 3 is 2.50 bits per heavy atom. The summed E-state index contributed by atoms with van der Waals surface area (Å²) in [6.07, 6.45) is -0.357. The van der Waals surface area contributed by atoms with E-state index in [1.54, 1.807) is 6.07 Å². The van der Waals surface area contributed by atoms with Gasteiger partial charge in [-0.2, -0.15) is 0 Å². The Morgan fingerprint density at radius 1 is 1.44 bits per heavy atom. The monoisotopic (exact) mass is 252 g/mol. The molecule has 100 valence electrons. The Morgan fingerprint density at radius 2 is 2.06 bits per heavy atom. The lowest BCUT2D eigenvalue weighted by Crippen LogP contribution is -2.25. The molecule has 0 amide bonds. The van der Waals surface area contributed by atoms with Crippen LogP contribution in [0.4, 0.5) is 0 Å². The number of carboxylic acids is 1. The highest BCUT2D eigenvalue weighted by molar-refractivity contribution is 5.69. The smallest absolute Gasteiger partial charge is 0.306 e. The summed E-state index contributed by atoms with van der Waals surface area (Å²) in [6.45, 7) is 5.60. The van der Waals surface area contributed by atoms with Crippen molar-refractivity contribution in [1.29, 1.82) is 0 Å². The third-order valence-corrected chi connectivity index (χ3v) is 2.97. The second-order valence-corrected chi connectivity index (χ2v) is 4.96. The minimum absolute atomic E-state index is 0.345. The maximum atomic E-state index is 10.8. The average molecular weight is 252 g/mol. The molecule has 1 unspecified atom stereocenters. The van der Waals surface area contributed by atoms with Crippen molar-refractivity contribution < 1.29 is 19.7 Å². The number of benzene rings is 1. The summed E-state index contributed by atoms with van der Waals surface area (Å²) < 4.78 is 5.25. The van der Waals surface area contributed by atoms with Gasteiger partial charge in [-0.15, -0.1) is 0 Å². The number of hydrogen-bond acceptors (Lipinski definition) is 3. The summed E-state index contributed by atoms with van der Waals surface area (Å²) >= 11 is 0. The van der Waals surface area contributed by atoms with E-state index >= 15 is 0 Å². The number of aliphatic carboxylic acids is 1. The standard InChI is InChI=1S/C14H20O4/c1-9(2)10-5-6-11(12(7-10)18-4)14(3,17)8-13(15)16/h5-7,9,17H,8H2,1-4H3,(H,15,16). The van der Waals surface area contributed by atoms with E-state index in [0.29, 0.717) is 17.2 Å². The van der Waals surface area contributed by atoms with Crippen LogP contribution in [0, 0.1) is 0 Å². The summed E-state index contributed by atoms with van der Waals surface area (Å²) in [5.41, 5.74) is 0.144. The van der Waals surface area contributed by atoms with Gasteiger partial charge in [0.2, 0.25) is 0 Å². The number of methoxy groups -OCH3 is 1. The van der Waals surface area contributed by atoms with E-state index in [0.717, 1.165) is 5.56 Å². The topological polar surface area (TPSA) is 66.8 Å². The summed E-state index contributed by atoms with van der Waals surface area (Å²) in [6, 6.07) is 5.46. The fourth-order valence-corrected chi connectivity index (χ4v) is 1.90. The van der Waals surface area contributed by atoms with Crippen LogP contribution >= 0.6 is 0 Å². The SMILES string of the molecule is COc1cc(C(C)C)ccc1C(C)(O)CC(=O)O. The molecule has 18 heavy (non-hydrogen) atoms. The van der Waals surface area contributed by atoms with Crippen molar-refractivity contribution in [2.45, 2.75) is 38.7 Å². The first-order valence-corrected chi connectivity index (χ1v) is 5.90. The van der Waals surface area contributed by atoms with Gasteiger partial charge in [0.25, 0.3) is 0 Å². The molecule has 4 nitrogen and oxygen atoms in total. The molecule has 0 fully saturated rings. The molecule has 2 N–H and O–H groups in total. The van der Waals surface area contributed by atoms with Crippen LogP contribution in [0.15, 0.2) is 18.2 Å². The number of hydrogen-bond donors (Lipinski definition) is 2. The minimum atomic E-state index is -1.44. The molecule has 0 saturated heterocycles. The van der Waals surface area contributed by atoms with Crippen molar-refractivity contribution in [2.24, 2.45) is 0 Å². The number of carboxylic acid groups (broad SMARTS) is 1. The van der Waals surface area contributed by atoms with Crippen molar-refractivity contribution in [3.05, 3.63) is 29.3 Å². The third kappa shape index (κ3) is 3.23. The number of aliphatic hydroxyl groups is 1. The summed E-state index contributed by atoms with van der Waals surface area (Å²) in [7, 11) is 1.51. The first kappa shape index (κ1) is 14.5. The highest BCUT2D eigenvalue weighted by atomic mass is 16.5. The lowest BCUT2D eigenvalue weighted by molar-refractivity contribution is -0.142. The molecule has 1 atom stereocenters. The zero-order valence-corrected chi connectivity index (χ0v) is 11.2. The van der Waals surface area contributed by atoms with Gasteiger partial charge in [0.05, 0.1) is 13.5 Å². The van der Waals surface area contributed by atoms with Crippen LogP contribution in [0.3, 0.4) is 0 Å². The molecule has 0 spiro atoms. The van der Waals surface area contributed by atoms with Crippen LogP contribution in [-0.2, 0) is 10.4 Å². The molecule has 0 heterocycles. The van der Waals surface area contributed by atoms with Gasteiger partial charge >= 0.3 is 5.97 Å². The summed E-state index contributed by atoms with van der Waals surface area (Å²) in [5.74, 6) is -0.181. The van der Waals surface area contributed by atoms with Gasteiger partial charge in [-0.25, -0.2) is 0 Å². The maximum Gasteiger partial charge on any atom is 0.306 e. The second-order valence-electron chi connectivity index (χ2n) is 4.96. The van der Waals surface area contributed by atoms with E-state index in [1.165, 1.54) is 14.0 Å². The summed E-state index contributed by atoms with van der Waals surface area (Å²) in [4.78, 5) is 10.8. The van der Waals surface area contributed by atoms with Gasteiger partial charge in [-0.1, -0.05) is 26.0 Å². The first-order valence-electron chi connectivity index (χ1n) is 5.90. The van der Waals surface area contributed by atoms with Crippen LogP contribution < -0.4 is 4.74 Å². The van der Waals surface area contributed by atoms with Crippen molar-refractivity contribution in [3.63, 3.8) is 0 Å². The van der Waals surface area contributed by atoms with Crippen LogP contribution in [0.1, 0.15) is 44.2 Å². The van der Waals surface area contributed by atoms with E-state index in [9.17, 15) is 9.90 Å². The highest BCUT2D eigenvalue weighted by Gasteiger charge is 2.30. The molecule has 1 rings (SSSR count). The van der Waals surface area contributed by atoms with Gasteiger partial charge in [0.15, 0.2) is 0 Å². The second kappa shape index (κ2) is 5.40. The fourth-order valence-electron chi connectivity index (χ4n) is 1.90. The van der Waals surface area contributed by atoms with E-state index in [2.05, 4.69) is 13.8 Å². The quantitative estimate of drug-likeness (QED) is 0.845. The van der Waals surface area contributed by atoms with Gasteiger partial charge in [0, 0.05) is 5.56 Å². The molecule has 0 saturated carbocycles. The van der Waals surface area contributed by atoms with Crippen LogP contribution in [0.2, 0.25) is 0 Å². The van der Waals surface area contributed by atoms with Crippen LogP contribution in [0.5, 0.6) is 5.75 Å². The molecular formula is C14H20O4. The fraction of sp³-hybridized carbons (Fsp3) is 0.500. The zero-order chi connectivity index (χ0) is 13.9. The largest absolute Gasteiger partial charge is 0.496 e. The molecule has 0 aliphatic carbocycles. The van der Waals surface area contributed by atoms with Crippen molar-refractivity contribution in [3.8, 4) is 5.75 Å². The van der Waals surface area contributed by atoms with Crippen molar-refractivity contribution in [2.75, 3.05) is 7.11 Å².